The lowest BCUT2D eigenvalue weighted by Crippen LogP contribution is -2.17. The number of hydrogen-bond donors (Lipinski definition) is 0. The number of rotatable bonds is 7. The topological polar surface area (TPSA) is 48.4 Å². The number of halogens is 1. The maximum atomic E-state index is 14.5. The second-order valence-electron chi connectivity index (χ2n) is 6.58. The molecule has 0 aliphatic heterocycles. The van der Waals surface area contributed by atoms with Crippen LogP contribution in [-0.2, 0) is 6.42 Å². The van der Waals surface area contributed by atoms with Gasteiger partial charge >= 0.3 is 0 Å². The van der Waals surface area contributed by atoms with E-state index in [0.717, 1.165) is 11.1 Å². The molecule has 1 aromatic heterocycles. The van der Waals surface area contributed by atoms with E-state index in [1.54, 1.807) is 24.3 Å². The lowest BCUT2D eigenvalue weighted by Gasteiger charge is -2.18. The third-order valence-electron chi connectivity index (χ3n) is 4.68. The Hall–Kier alpha value is -3.21. The van der Waals surface area contributed by atoms with E-state index in [9.17, 15) is 9.18 Å². The number of Topliss-reactive ketones (excluding diaryl/α,β-unsaturated/α-hetero) is 1. The van der Waals surface area contributed by atoms with E-state index in [4.69, 9.17) is 9.47 Å². The van der Waals surface area contributed by atoms with Gasteiger partial charge in [-0.2, -0.15) is 0 Å². The Labute approximate surface area is 164 Å². The number of aromatic nitrogens is 1. The Morgan fingerprint density at radius 2 is 1.89 bits per heavy atom. The number of hydrogen-bond acceptors (Lipinski definition) is 4. The number of benzene rings is 2. The van der Waals surface area contributed by atoms with Crippen molar-refractivity contribution in [1.82, 2.24) is 4.98 Å². The number of pyridine rings is 1. The number of methoxy groups -OCH3 is 2. The fourth-order valence-electron chi connectivity index (χ4n) is 3.14. The van der Waals surface area contributed by atoms with Crippen molar-refractivity contribution in [3.63, 3.8) is 0 Å². The van der Waals surface area contributed by atoms with Crippen molar-refractivity contribution in [2.45, 2.75) is 19.3 Å². The van der Waals surface area contributed by atoms with Crippen LogP contribution in [0.5, 0.6) is 11.6 Å². The van der Waals surface area contributed by atoms with Gasteiger partial charge < -0.3 is 9.47 Å². The maximum absolute atomic E-state index is 14.5. The molecule has 2 aromatic carbocycles. The molecule has 5 heteroatoms. The largest absolute Gasteiger partial charge is 0.497 e. The Morgan fingerprint density at radius 1 is 1.07 bits per heavy atom. The molecule has 0 saturated heterocycles. The quantitative estimate of drug-likeness (QED) is 0.556. The highest BCUT2D eigenvalue weighted by Crippen LogP contribution is 2.28. The molecular weight excluding hydrogens is 357 g/mol. The first kappa shape index (κ1) is 19.5. The minimum Gasteiger partial charge on any atom is -0.497 e. The summed E-state index contributed by atoms with van der Waals surface area (Å²) in [5.74, 6) is -0.157. The summed E-state index contributed by atoms with van der Waals surface area (Å²) in [6.07, 6.45) is 1.73. The van der Waals surface area contributed by atoms with Crippen molar-refractivity contribution in [2.24, 2.45) is 0 Å². The molecule has 28 heavy (non-hydrogen) atoms. The summed E-state index contributed by atoms with van der Waals surface area (Å²) in [6, 6.07) is 15.8. The van der Waals surface area contributed by atoms with Crippen molar-refractivity contribution in [3.8, 4) is 11.6 Å². The molecule has 1 atom stereocenters. The molecule has 0 fully saturated rings. The summed E-state index contributed by atoms with van der Waals surface area (Å²) in [4.78, 5) is 17.4. The standard InChI is InChI=1S/C23H22FNO3/c1-15-5-4-6-16(11-15)20(12-17-7-9-19(27-2)13-21(17)24)23(26)18-8-10-22(28-3)25-14-18/h4-11,13-14,20H,12H2,1-3H3. The van der Waals surface area contributed by atoms with Crippen molar-refractivity contribution in [1.29, 1.82) is 0 Å². The summed E-state index contributed by atoms with van der Waals surface area (Å²) in [5, 5.41) is 0. The van der Waals surface area contributed by atoms with Gasteiger partial charge in [0.15, 0.2) is 5.78 Å². The van der Waals surface area contributed by atoms with E-state index in [1.165, 1.54) is 26.5 Å². The van der Waals surface area contributed by atoms with Crippen LogP contribution in [0, 0.1) is 12.7 Å². The Morgan fingerprint density at radius 3 is 2.50 bits per heavy atom. The van der Waals surface area contributed by atoms with Crippen molar-refractivity contribution in [3.05, 3.63) is 88.9 Å². The number of ketones is 1. The van der Waals surface area contributed by atoms with Gasteiger partial charge in [0.2, 0.25) is 5.88 Å². The molecule has 0 amide bonds. The van der Waals surface area contributed by atoms with Crippen molar-refractivity contribution in [2.75, 3.05) is 14.2 Å². The van der Waals surface area contributed by atoms with Gasteiger partial charge in [-0.05, 0) is 36.6 Å². The minimum atomic E-state index is -0.530. The van der Waals surface area contributed by atoms with E-state index >= 15 is 0 Å². The normalized spacial score (nSPS) is 11.7. The first-order valence-corrected chi connectivity index (χ1v) is 8.95. The Bertz CT molecular complexity index is 970. The maximum Gasteiger partial charge on any atom is 0.212 e. The van der Waals surface area contributed by atoms with Crippen LogP contribution in [0.25, 0.3) is 0 Å². The Kier molecular flexibility index (Phi) is 6.04. The van der Waals surface area contributed by atoms with Gasteiger partial charge in [0.1, 0.15) is 11.6 Å². The van der Waals surface area contributed by atoms with Crippen LogP contribution in [0.1, 0.15) is 33.0 Å². The average Bonchev–Trinajstić information content (AvgIpc) is 2.72. The van der Waals surface area contributed by atoms with Crippen molar-refractivity contribution < 1.29 is 18.7 Å². The van der Waals surface area contributed by atoms with Gasteiger partial charge in [0.05, 0.1) is 20.1 Å². The van der Waals surface area contributed by atoms with Gasteiger partial charge in [-0.1, -0.05) is 35.9 Å². The van der Waals surface area contributed by atoms with Crippen LogP contribution in [0.15, 0.2) is 60.8 Å². The minimum absolute atomic E-state index is 0.115. The third kappa shape index (κ3) is 4.36. The average molecular weight is 379 g/mol. The molecule has 0 bridgehead atoms. The summed E-state index contributed by atoms with van der Waals surface area (Å²) < 4.78 is 24.7. The van der Waals surface area contributed by atoms with Crippen LogP contribution in [-0.4, -0.2) is 25.0 Å². The van der Waals surface area contributed by atoms with E-state index in [0.29, 0.717) is 22.8 Å². The smallest absolute Gasteiger partial charge is 0.212 e. The molecule has 0 radical (unpaired) electrons. The van der Waals surface area contributed by atoms with Gasteiger partial charge in [-0.3, -0.25) is 4.79 Å². The first-order valence-electron chi connectivity index (χ1n) is 8.95. The Balaban J connectivity index is 1.98. The molecule has 0 saturated carbocycles. The van der Waals surface area contributed by atoms with E-state index in [-0.39, 0.29) is 12.2 Å². The molecule has 3 rings (SSSR count). The highest BCUT2D eigenvalue weighted by Gasteiger charge is 2.24. The van der Waals surface area contributed by atoms with Crippen LogP contribution in [0.4, 0.5) is 4.39 Å². The molecule has 1 heterocycles. The number of carbonyl (C=O) groups is 1. The van der Waals surface area contributed by atoms with E-state index in [1.807, 2.05) is 31.2 Å². The fraction of sp³-hybridized carbons (Fsp3) is 0.217. The zero-order valence-corrected chi connectivity index (χ0v) is 16.1. The number of carbonyl (C=O) groups excluding carboxylic acids is 1. The summed E-state index contributed by atoms with van der Waals surface area (Å²) in [7, 11) is 3.01. The lowest BCUT2D eigenvalue weighted by molar-refractivity contribution is 0.0958. The van der Waals surface area contributed by atoms with Gasteiger partial charge in [0, 0.05) is 23.9 Å². The van der Waals surface area contributed by atoms with Crippen LogP contribution in [0.3, 0.4) is 0 Å². The number of nitrogens with zero attached hydrogens (tertiary/aromatic N) is 1. The third-order valence-corrected chi connectivity index (χ3v) is 4.68. The SMILES string of the molecule is COc1ccc(CC(C(=O)c2ccc(OC)nc2)c2cccc(C)c2)c(F)c1. The van der Waals surface area contributed by atoms with Gasteiger partial charge in [-0.25, -0.2) is 9.37 Å². The molecule has 0 N–H and O–H groups in total. The second-order valence-corrected chi connectivity index (χ2v) is 6.58. The monoisotopic (exact) mass is 379 g/mol. The first-order chi connectivity index (χ1) is 13.5. The lowest BCUT2D eigenvalue weighted by atomic mass is 9.85. The van der Waals surface area contributed by atoms with Crippen LogP contribution >= 0.6 is 0 Å². The second kappa shape index (κ2) is 8.65. The highest BCUT2D eigenvalue weighted by atomic mass is 19.1. The van der Waals surface area contributed by atoms with Crippen LogP contribution < -0.4 is 9.47 Å². The summed E-state index contributed by atoms with van der Waals surface area (Å²) in [5.41, 5.74) is 2.80. The molecule has 3 aromatic rings. The molecule has 4 nitrogen and oxygen atoms in total. The molecule has 0 spiro atoms. The fourth-order valence-corrected chi connectivity index (χ4v) is 3.14. The summed E-state index contributed by atoms with van der Waals surface area (Å²) >= 11 is 0. The van der Waals surface area contributed by atoms with Crippen molar-refractivity contribution >= 4 is 5.78 Å². The van der Waals surface area contributed by atoms with Crippen LogP contribution in [0.2, 0.25) is 0 Å². The molecule has 1 unspecified atom stereocenters. The molecule has 144 valence electrons. The number of ether oxygens (including phenoxy) is 2. The highest BCUT2D eigenvalue weighted by molar-refractivity contribution is 6.01. The molecule has 0 aliphatic rings. The molecule has 0 aliphatic carbocycles. The van der Waals surface area contributed by atoms with E-state index in [2.05, 4.69) is 4.98 Å². The van der Waals surface area contributed by atoms with E-state index < -0.39 is 11.7 Å². The number of aryl methyl sites for hydroxylation is 1. The van der Waals surface area contributed by atoms with Gasteiger partial charge in [0.25, 0.3) is 0 Å². The summed E-state index contributed by atoms with van der Waals surface area (Å²) in [6.45, 7) is 1.97. The van der Waals surface area contributed by atoms with Gasteiger partial charge in [-0.15, -0.1) is 0 Å². The predicted octanol–water partition coefficient (Wildman–Crippen LogP) is 4.76. The molecular formula is C23H22FNO3. The zero-order chi connectivity index (χ0) is 20.1. The zero-order valence-electron chi connectivity index (χ0n) is 16.1. The predicted molar refractivity (Wildman–Crippen MR) is 106 cm³/mol.